The third kappa shape index (κ3) is 3.89. The Morgan fingerprint density at radius 1 is 1.13 bits per heavy atom. The van der Waals surface area contributed by atoms with Crippen molar-refractivity contribution in [2.75, 3.05) is 31.9 Å². The Labute approximate surface area is 144 Å². The van der Waals surface area contributed by atoms with Crippen molar-refractivity contribution in [1.82, 2.24) is 14.8 Å². The number of nitrogens with two attached hydrogens (primary N) is 1. The van der Waals surface area contributed by atoms with Crippen molar-refractivity contribution in [1.29, 1.82) is 0 Å². The number of piperazine rings is 1. The highest BCUT2D eigenvalue weighted by atomic mass is 79.9. The Hall–Kier alpha value is -1.92. The highest BCUT2D eigenvalue weighted by Gasteiger charge is 2.23. The molecule has 1 aliphatic rings. The maximum absolute atomic E-state index is 12.6. The first-order chi connectivity index (χ1) is 11.1. The van der Waals surface area contributed by atoms with Gasteiger partial charge in [-0.2, -0.15) is 0 Å². The van der Waals surface area contributed by atoms with Gasteiger partial charge in [-0.05, 0) is 35.9 Å². The molecule has 1 aromatic heterocycles. The highest BCUT2D eigenvalue weighted by Crippen LogP contribution is 2.21. The smallest absolute Gasteiger partial charge is 0.256 e. The summed E-state index contributed by atoms with van der Waals surface area (Å²) in [7, 11) is 0. The Balaban J connectivity index is 1.59. The first kappa shape index (κ1) is 16.0. The van der Waals surface area contributed by atoms with Gasteiger partial charge in [-0.25, -0.2) is 0 Å². The van der Waals surface area contributed by atoms with Crippen LogP contribution in [0, 0.1) is 0 Å². The molecule has 1 amide bonds. The lowest BCUT2D eigenvalue weighted by molar-refractivity contribution is 0.0629. The third-order valence-corrected chi connectivity index (χ3v) is 4.55. The maximum atomic E-state index is 12.6. The summed E-state index contributed by atoms with van der Waals surface area (Å²) in [5.41, 5.74) is 8.31. The molecule has 1 fully saturated rings. The van der Waals surface area contributed by atoms with Crippen molar-refractivity contribution in [3.63, 3.8) is 0 Å². The van der Waals surface area contributed by atoms with E-state index in [0.29, 0.717) is 11.3 Å². The van der Waals surface area contributed by atoms with Gasteiger partial charge >= 0.3 is 0 Å². The van der Waals surface area contributed by atoms with Crippen molar-refractivity contribution in [3.05, 3.63) is 58.3 Å². The predicted molar refractivity (Wildman–Crippen MR) is 94.0 cm³/mol. The van der Waals surface area contributed by atoms with E-state index in [0.717, 1.165) is 37.2 Å². The highest BCUT2D eigenvalue weighted by molar-refractivity contribution is 9.10. The number of hydrogen-bond acceptors (Lipinski definition) is 4. The van der Waals surface area contributed by atoms with Gasteiger partial charge in [0, 0.05) is 55.3 Å². The number of benzene rings is 1. The van der Waals surface area contributed by atoms with Crippen LogP contribution in [0.25, 0.3) is 0 Å². The van der Waals surface area contributed by atoms with Crippen LogP contribution in [0.2, 0.25) is 0 Å². The van der Waals surface area contributed by atoms with Gasteiger partial charge in [-0.15, -0.1) is 0 Å². The average molecular weight is 375 g/mol. The van der Waals surface area contributed by atoms with E-state index in [4.69, 9.17) is 5.73 Å². The Kier molecular flexibility index (Phi) is 4.93. The van der Waals surface area contributed by atoms with Crippen molar-refractivity contribution >= 4 is 27.5 Å². The van der Waals surface area contributed by atoms with Crippen molar-refractivity contribution in [2.24, 2.45) is 0 Å². The van der Waals surface area contributed by atoms with Crippen LogP contribution in [0.5, 0.6) is 0 Å². The van der Waals surface area contributed by atoms with Gasteiger partial charge in [0.25, 0.3) is 5.91 Å². The lowest BCUT2D eigenvalue weighted by Gasteiger charge is -2.35. The molecule has 0 saturated carbocycles. The number of halogens is 1. The number of anilines is 1. The van der Waals surface area contributed by atoms with Gasteiger partial charge in [0.15, 0.2) is 0 Å². The molecule has 1 saturated heterocycles. The van der Waals surface area contributed by atoms with Gasteiger partial charge in [0.05, 0.1) is 5.56 Å². The van der Waals surface area contributed by atoms with Gasteiger partial charge in [-0.1, -0.05) is 15.9 Å². The van der Waals surface area contributed by atoms with Crippen molar-refractivity contribution in [3.8, 4) is 0 Å². The summed E-state index contributed by atoms with van der Waals surface area (Å²) in [4.78, 5) is 20.9. The molecule has 120 valence electrons. The molecule has 2 aromatic rings. The molecule has 0 spiro atoms. The van der Waals surface area contributed by atoms with Crippen LogP contribution in [0.1, 0.15) is 15.9 Å². The number of rotatable bonds is 3. The van der Waals surface area contributed by atoms with E-state index in [1.54, 1.807) is 12.1 Å². The normalized spacial score (nSPS) is 15.6. The van der Waals surface area contributed by atoms with Crippen molar-refractivity contribution in [2.45, 2.75) is 6.54 Å². The van der Waals surface area contributed by atoms with E-state index in [2.05, 4.69) is 25.8 Å². The van der Waals surface area contributed by atoms with Crippen LogP contribution in [0.4, 0.5) is 5.69 Å². The minimum Gasteiger partial charge on any atom is -0.398 e. The fourth-order valence-electron chi connectivity index (χ4n) is 2.75. The van der Waals surface area contributed by atoms with E-state index >= 15 is 0 Å². The topological polar surface area (TPSA) is 62.5 Å². The number of amides is 1. The molecule has 0 unspecified atom stereocenters. The zero-order valence-electron chi connectivity index (χ0n) is 12.8. The summed E-state index contributed by atoms with van der Waals surface area (Å²) in [5, 5.41) is 0. The van der Waals surface area contributed by atoms with E-state index in [-0.39, 0.29) is 5.91 Å². The Morgan fingerprint density at radius 2 is 1.83 bits per heavy atom. The average Bonchev–Trinajstić information content (AvgIpc) is 2.56. The van der Waals surface area contributed by atoms with E-state index < -0.39 is 0 Å². The Morgan fingerprint density at radius 3 is 2.48 bits per heavy atom. The molecule has 1 aromatic carbocycles. The van der Waals surface area contributed by atoms with Gasteiger partial charge in [0.2, 0.25) is 0 Å². The third-order valence-electron chi connectivity index (χ3n) is 4.06. The second-order valence-electron chi connectivity index (χ2n) is 5.66. The summed E-state index contributed by atoms with van der Waals surface area (Å²) in [6, 6.07) is 9.46. The van der Waals surface area contributed by atoms with Crippen LogP contribution < -0.4 is 5.73 Å². The first-order valence-electron chi connectivity index (χ1n) is 7.59. The molecular formula is C17H19BrN4O. The summed E-state index contributed by atoms with van der Waals surface area (Å²) in [6.45, 7) is 4.07. The number of carbonyl (C=O) groups is 1. The monoisotopic (exact) mass is 374 g/mol. The quantitative estimate of drug-likeness (QED) is 0.837. The van der Waals surface area contributed by atoms with E-state index in [9.17, 15) is 4.79 Å². The van der Waals surface area contributed by atoms with E-state index in [1.807, 2.05) is 35.5 Å². The standard InChI is InChI=1S/C17H19BrN4O/c18-14-1-2-15(16(19)11-14)17(23)22-9-7-21(8-10-22)12-13-3-5-20-6-4-13/h1-6,11H,7-10,12,19H2. The second kappa shape index (κ2) is 7.10. The molecule has 0 atom stereocenters. The molecule has 0 aliphatic carbocycles. The molecule has 1 aliphatic heterocycles. The second-order valence-corrected chi connectivity index (χ2v) is 6.57. The van der Waals surface area contributed by atoms with Crippen LogP contribution >= 0.6 is 15.9 Å². The van der Waals surface area contributed by atoms with Crippen LogP contribution in [0.3, 0.4) is 0 Å². The molecule has 23 heavy (non-hydrogen) atoms. The summed E-state index contributed by atoms with van der Waals surface area (Å²) >= 11 is 3.36. The van der Waals surface area contributed by atoms with Gasteiger partial charge < -0.3 is 10.6 Å². The zero-order chi connectivity index (χ0) is 16.2. The zero-order valence-corrected chi connectivity index (χ0v) is 14.4. The maximum Gasteiger partial charge on any atom is 0.256 e. The SMILES string of the molecule is Nc1cc(Br)ccc1C(=O)N1CCN(Cc2ccncc2)CC1. The van der Waals surface area contributed by atoms with Crippen molar-refractivity contribution < 1.29 is 4.79 Å². The first-order valence-corrected chi connectivity index (χ1v) is 8.38. The van der Waals surface area contributed by atoms with Crippen LogP contribution in [0.15, 0.2) is 47.2 Å². The molecule has 0 radical (unpaired) electrons. The number of nitrogen functional groups attached to an aromatic ring is 1. The molecule has 2 heterocycles. The predicted octanol–water partition coefficient (Wildman–Crippen LogP) is 2.38. The number of hydrogen-bond donors (Lipinski definition) is 1. The molecule has 0 bridgehead atoms. The Bertz CT molecular complexity index is 684. The number of nitrogens with zero attached hydrogens (tertiary/aromatic N) is 3. The number of carbonyl (C=O) groups excluding carboxylic acids is 1. The summed E-state index contributed by atoms with van der Waals surface area (Å²) in [6.07, 6.45) is 3.62. The molecule has 3 rings (SSSR count). The minimum atomic E-state index is 0.0126. The lowest BCUT2D eigenvalue weighted by Crippen LogP contribution is -2.48. The summed E-state index contributed by atoms with van der Waals surface area (Å²) in [5.74, 6) is 0.0126. The van der Waals surface area contributed by atoms with Gasteiger partial charge in [0.1, 0.15) is 0 Å². The summed E-state index contributed by atoms with van der Waals surface area (Å²) < 4.78 is 0.883. The molecule has 5 nitrogen and oxygen atoms in total. The fraction of sp³-hybridized carbons (Fsp3) is 0.294. The molecule has 2 N–H and O–H groups in total. The van der Waals surface area contributed by atoms with Crippen LogP contribution in [-0.4, -0.2) is 46.9 Å². The number of aromatic nitrogens is 1. The largest absolute Gasteiger partial charge is 0.398 e. The molecular weight excluding hydrogens is 356 g/mol. The van der Waals surface area contributed by atoms with Crippen LogP contribution in [-0.2, 0) is 6.54 Å². The minimum absolute atomic E-state index is 0.0126. The van der Waals surface area contributed by atoms with E-state index in [1.165, 1.54) is 5.56 Å². The number of pyridine rings is 1. The lowest BCUT2D eigenvalue weighted by atomic mass is 10.1. The fourth-order valence-corrected chi connectivity index (χ4v) is 3.13. The van der Waals surface area contributed by atoms with Gasteiger partial charge in [-0.3, -0.25) is 14.7 Å². The molecule has 6 heteroatoms.